The SMILES string of the molecule is CCOc1cc(/C=C/C(=O)NCCOc2ccccc2OC)ccc1OC. The second-order valence-corrected chi connectivity index (χ2v) is 5.47. The van der Waals surface area contributed by atoms with Crippen LogP contribution in [0.25, 0.3) is 6.08 Å². The number of ether oxygens (including phenoxy) is 4. The van der Waals surface area contributed by atoms with Crippen molar-refractivity contribution in [1.82, 2.24) is 5.32 Å². The molecule has 2 aromatic rings. The fraction of sp³-hybridized carbons (Fsp3) is 0.286. The minimum Gasteiger partial charge on any atom is -0.493 e. The third-order valence-corrected chi connectivity index (χ3v) is 3.64. The van der Waals surface area contributed by atoms with E-state index in [4.69, 9.17) is 18.9 Å². The lowest BCUT2D eigenvalue weighted by Gasteiger charge is -2.10. The number of methoxy groups -OCH3 is 2. The van der Waals surface area contributed by atoms with Crippen LogP contribution in [-0.4, -0.2) is 39.9 Å². The van der Waals surface area contributed by atoms with Crippen LogP contribution in [0, 0.1) is 0 Å². The molecule has 0 bridgehead atoms. The van der Waals surface area contributed by atoms with Gasteiger partial charge in [0.1, 0.15) is 6.61 Å². The van der Waals surface area contributed by atoms with Crippen molar-refractivity contribution < 1.29 is 23.7 Å². The zero-order valence-electron chi connectivity index (χ0n) is 15.9. The van der Waals surface area contributed by atoms with E-state index in [1.807, 2.05) is 49.4 Å². The first kappa shape index (κ1) is 20.2. The Balaban J connectivity index is 1.82. The highest BCUT2D eigenvalue weighted by atomic mass is 16.5. The smallest absolute Gasteiger partial charge is 0.244 e. The summed E-state index contributed by atoms with van der Waals surface area (Å²) in [4.78, 5) is 12.0. The predicted molar refractivity (Wildman–Crippen MR) is 105 cm³/mol. The van der Waals surface area contributed by atoms with Crippen LogP contribution in [0.3, 0.4) is 0 Å². The Morgan fingerprint density at radius 1 is 0.963 bits per heavy atom. The number of para-hydroxylation sites is 2. The van der Waals surface area contributed by atoms with Gasteiger partial charge in [-0.15, -0.1) is 0 Å². The maximum absolute atomic E-state index is 12.0. The van der Waals surface area contributed by atoms with Crippen molar-refractivity contribution in [2.24, 2.45) is 0 Å². The molecule has 0 aliphatic rings. The lowest BCUT2D eigenvalue weighted by atomic mass is 10.2. The van der Waals surface area contributed by atoms with Gasteiger partial charge in [-0.05, 0) is 42.8 Å². The Bertz CT molecular complexity index is 773. The molecule has 0 heterocycles. The van der Waals surface area contributed by atoms with Crippen molar-refractivity contribution >= 4 is 12.0 Å². The van der Waals surface area contributed by atoms with E-state index in [-0.39, 0.29) is 5.91 Å². The summed E-state index contributed by atoms with van der Waals surface area (Å²) < 4.78 is 21.6. The van der Waals surface area contributed by atoms with Gasteiger partial charge in [-0.1, -0.05) is 18.2 Å². The molecule has 6 heteroatoms. The topological polar surface area (TPSA) is 66.0 Å². The van der Waals surface area contributed by atoms with Gasteiger partial charge in [0.25, 0.3) is 0 Å². The van der Waals surface area contributed by atoms with Crippen LogP contribution in [0.15, 0.2) is 48.5 Å². The summed E-state index contributed by atoms with van der Waals surface area (Å²) in [5, 5.41) is 2.78. The number of nitrogens with one attached hydrogen (secondary N) is 1. The number of rotatable bonds is 10. The van der Waals surface area contributed by atoms with Crippen LogP contribution in [0.2, 0.25) is 0 Å². The zero-order chi connectivity index (χ0) is 19.5. The molecule has 0 saturated carbocycles. The molecule has 0 radical (unpaired) electrons. The Labute approximate surface area is 159 Å². The fourth-order valence-electron chi connectivity index (χ4n) is 2.37. The molecule has 2 rings (SSSR count). The molecule has 0 aliphatic heterocycles. The van der Waals surface area contributed by atoms with Crippen LogP contribution in [0.4, 0.5) is 0 Å². The van der Waals surface area contributed by atoms with Crippen molar-refractivity contribution in [3.63, 3.8) is 0 Å². The van der Waals surface area contributed by atoms with Gasteiger partial charge in [-0.2, -0.15) is 0 Å². The van der Waals surface area contributed by atoms with E-state index < -0.39 is 0 Å². The lowest BCUT2D eigenvalue weighted by Crippen LogP contribution is -2.26. The summed E-state index contributed by atoms with van der Waals surface area (Å²) in [6, 6.07) is 12.9. The van der Waals surface area contributed by atoms with E-state index in [1.54, 1.807) is 20.3 Å². The van der Waals surface area contributed by atoms with Crippen molar-refractivity contribution in [2.75, 3.05) is 34.0 Å². The quantitative estimate of drug-likeness (QED) is 0.513. The van der Waals surface area contributed by atoms with Gasteiger partial charge in [0, 0.05) is 6.08 Å². The maximum atomic E-state index is 12.0. The van der Waals surface area contributed by atoms with Gasteiger partial charge in [0.2, 0.25) is 5.91 Å². The predicted octanol–water partition coefficient (Wildman–Crippen LogP) is 3.31. The highest BCUT2D eigenvalue weighted by Gasteiger charge is 2.05. The van der Waals surface area contributed by atoms with Crippen molar-refractivity contribution in [1.29, 1.82) is 0 Å². The van der Waals surface area contributed by atoms with Crippen molar-refractivity contribution in [3.05, 3.63) is 54.1 Å². The Morgan fingerprint density at radius 3 is 2.37 bits per heavy atom. The molecule has 0 fully saturated rings. The zero-order valence-corrected chi connectivity index (χ0v) is 15.9. The molecule has 0 spiro atoms. The van der Waals surface area contributed by atoms with Gasteiger partial charge in [-0.3, -0.25) is 4.79 Å². The first-order valence-electron chi connectivity index (χ1n) is 8.70. The average molecular weight is 371 g/mol. The molecule has 1 amide bonds. The van der Waals surface area contributed by atoms with Gasteiger partial charge < -0.3 is 24.3 Å². The molecular weight excluding hydrogens is 346 g/mol. The Morgan fingerprint density at radius 2 is 1.67 bits per heavy atom. The number of carbonyl (C=O) groups is 1. The molecule has 2 aromatic carbocycles. The normalized spacial score (nSPS) is 10.5. The van der Waals surface area contributed by atoms with Crippen LogP contribution in [-0.2, 0) is 4.79 Å². The van der Waals surface area contributed by atoms with Crippen molar-refractivity contribution in [3.8, 4) is 23.0 Å². The largest absolute Gasteiger partial charge is 0.493 e. The Kier molecular flexibility index (Phi) is 8.03. The molecule has 0 aliphatic carbocycles. The third kappa shape index (κ3) is 6.26. The van der Waals surface area contributed by atoms with E-state index in [2.05, 4.69) is 5.32 Å². The summed E-state index contributed by atoms with van der Waals surface area (Å²) in [6.07, 6.45) is 3.19. The monoisotopic (exact) mass is 371 g/mol. The molecule has 0 unspecified atom stereocenters. The summed E-state index contributed by atoms with van der Waals surface area (Å²) in [7, 11) is 3.18. The van der Waals surface area contributed by atoms with Crippen LogP contribution < -0.4 is 24.3 Å². The van der Waals surface area contributed by atoms with Gasteiger partial charge >= 0.3 is 0 Å². The van der Waals surface area contributed by atoms with E-state index in [1.165, 1.54) is 6.08 Å². The summed E-state index contributed by atoms with van der Waals surface area (Å²) >= 11 is 0. The fourth-order valence-corrected chi connectivity index (χ4v) is 2.37. The summed E-state index contributed by atoms with van der Waals surface area (Å²) in [6.45, 7) is 3.17. The minimum atomic E-state index is -0.201. The van der Waals surface area contributed by atoms with E-state index in [0.717, 1.165) is 5.56 Å². The van der Waals surface area contributed by atoms with Crippen molar-refractivity contribution in [2.45, 2.75) is 6.92 Å². The first-order chi connectivity index (χ1) is 13.2. The molecule has 1 N–H and O–H groups in total. The van der Waals surface area contributed by atoms with Gasteiger partial charge in [-0.25, -0.2) is 0 Å². The molecule has 0 aromatic heterocycles. The number of amides is 1. The van der Waals surface area contributed by atoms with E-state index >= 15 is 0 Å². The number of benzene rings is 2. The van der Waals surface area contributed by atoms with Crippen LogP contribution in [0.1, 0.15) is 12.5 Å². The van der Waals surface area contributed by atoms with Crippen LogP contribution in [0.5, 0.6) is 23.0 Å². The highest BCUT2D eigenvalue weighted by molar-refractivity contribution is 5.91. The second-order valence-electron chi connectivity index (χ2n) is 5.47. The van der Waals surface area contributed by atoms with Crippen LogP contribution >= 0.6 is 0 Å². The molecule has 6 nitrogen and oxygen atoms in total. The second kappa shape index (κ2) is 10.8. The van der Waals surface area contributed by atoms with Gasteiger partial charge in [0.05, 0.1) is 27.4 Å². The maximum Gasteiger partial charge on any atom is 0.244 e. The van der Waals surface area contributed by atoms with E-state index in [0.29, 0.717) is 42.8 Å². The molecule has 144 valence electrons. The number of carbonyl (C=O) groups excluding carboxylic acids is 1. The van der Waals surface area contributed by atoms with E-state index in [9.17, 15) is 4.79 Å². The molecule has 0 atom stereocenters. The molecule has 27 heavy (non-hydrogen) atoms. The Hall–Kier alpha value is -3.15. The summed E-state index contributed by atoms with van der Waals surface area (Å²) in [5.74, 6) is 2.41. The number of hydrogen-bond acceptors (Lipinski definition) is 5. The summed E-state index contributed by atoms with van der Waals surface area (Å²) in [5.41, 5.74) is 0.847. The third-order valence-electron chi connectivity index (χ3n) is 3.64. The standard InChI is InChI=1S/C21H25NO5/c1-4-26-20-15-16(9-11-18(20)25-3)10-12-21(23)22-13-14-27-19-8-6-5-7-17(19)24-2/h5-12,15H,4,13-14H2,1-3H3,(H,22,23)/b12-10+. The molecule has 0 saturated heterocycles. The average Bonchev–Trinajstić information content (AvgIpc) is 2.70. The lowest BCUT2D eigenvalue weighted by molar-refractivity contribution is -0.116. The minimum absolute atomic E-state index is 0.201. The first-order valence-corrected chi connectivity index (χ1v) is 8.70. The van der Waals surface area contributed by atoms with Gasteiger partial charge in [0.15, 0.2) is 23.0 Å². The number of hydrogen-bond donors (Lipinski definition) is 1. The molecular formula is C21H25NO5. The highest BCUT2D eigenvalue weighted by Crippen LogP contribution is 2.28.